The third kappa shape index (κ3) is 2.45. The van der Waals surface area contributed by atoms with Gasteiger partial charge >= 0.3 is 6.03 Å². The van der Waals surface area contributed by atoms with Gasteiger partial charge in [-0.25, -0.2) is 4.79 Å². The molecule has 0 saturated carbocycles. The van der Waals surface area contributed by atoms with E-state index in [1.54, 1.807) is 0 Å². The van der Waals surface area contributed by atoms with Crippen LogP contribution in [0.3, 0.4) is 0 Å². The van der Waals surface area contributed by atoms with E-state index >= 15 is 0 Å². The summed E-state index contributed by atoms with van der Waals surface area (Å²) in [5, 5.41) is 3.35. The molecule has 3 rings (SSSR count). The van der Waals surface area contributed by atoms with Gasteiger partial charge in [0.1, 0.15) is 0 Å². The Morgan fingerprint density at radius 2 is 1.79 bits per heavy atom. The summed E-state index contributed by atoms with van der Waals surface area (Å²) < 4.78 is 0. The summed E-state index contributed by atoms with van der Waals surface area (Å²) in [6.07, 6.45) is 2.15. The number of aryl methyl sites for hydroxylation is 1. The lowest BCUT2D eigenvalue weighted by atomic mass is 10.1. The molecular weight excluding hydrogens is 238 g/mol. The van der Waals surface area contributed by atoms with Crippen LogP contribution in [0.5, 0.6) is 0 Å². The summed E-state index contributed by atoms with van der Waals surface area (Å²) >= 11 is 0. The van der Waals surface area contributed by atoms with Crippen molar-refractivity contribution >= 4 is 11.7 Å². The van der Waals surface area contributed by atoms with Crippen molar-refractivity contribution in [2.75, 3.05) is 31.1 Å². The highest BCUT2D eigenvalue weighted by atomic mass is 16.2. The fourth-order valence-corrected chi connectivity index (χ4v) is 2.98. The molecule has 2 saturated heterocycles. The number of piperidine rings is 1. The molecule has 19 heavy (non-hydrogen) atoms. The Hall–Kier alpha value is -1.55. The van der Waals surface area contributed by atoms with E-state index in [1.807, 2.05) is 17.0 Å². The van der Waals surface area contributed by atoms with Crippen molar-refractivity contribution in [1.29, 1.82) is 0 Å². The van der Waals surface area contributed by atoms with Gasteiger partial charge in [0.15, 0.2) is 0 Å². The summed E-state index contributed by atoms with van der Waals surface area (Å²) in [7, 11) is 0. The van der Waals surface area contributed by atoms with E-state index in [1.165, 1.54) is 5.56 Å². The van der Waals surface area contributed by atoms with Gasteiger partial charge in [-0.1, -0.05) is 17.7 Å². The highest BCUT2D eigenvalue weighted by Gasteiger charge is 2.34. The van der Waals surface area contributed by atoms with Crippen molar-refractivity contribution in [3.05, 3.63) is 29.8 Å². The molecule has 2 aliphatic rings. The molecule has 1 N–H and O–H groups in total. The van der Waals surface area contributed by atoms with Gasteiger partial charge in [0.05, 0.1) is 0 Å². The van der Waals surface area contributed by atoms with Gasteiger partial charge in [-0.15, -0.1) is 0 Å². The Labute approximate surface area is 114 Å². The minimum Gasteiger partial charge on any atom is -0.319 e. The van der Waals surface area contributed by atoms with E-state index in [2.05, 4.69) is 29.3 Å². The van der Waals surface area contributed by atoms with Crippen LogP contribution in [0.25, 0.3) is 0 Å². The average Bonchev–Trinajstić information content (AvgIpc) is 2.83. The number of rotatable bonds is 2. The maximum absolute atomic E-state index is 12.5. The molecule has 0 bridgehead atoms. The number of hydrogen-bond acceptors (Lipinski definition) is 2. The van der Waals surface area contributed by atoms with Crippen LogP contribution in [-0.4, -0.2) is 43.2 Å². The molecule has 2 fully saturated rings. The monoisotopic (exact) mass is 259 g/mol. The second-order valence-electron chi connectivity index (χ2n) is 5.44. The first-order valence-electron chi connectivity index (χ1n) is 7.11. The first-order valence-corrected chi connectivity index (χ1v) is 7.11. The minimum absolute atomic E-state index is 0.177. The van der Waals surface area contributed by atoms with Crippen LogP contribution in [0.15, 0.2) is 24.3 Å². The number of amides is 2. The van der Waals surface area contributed by atoms with Crippen molar-refractivity contribution in [3.8, 4) is 0 Å². The molecule has 0 aromatic heterocycles. The molecule has 4 nitrogen and oxygen atoms in total. The van der Waals surface area contributed by atoms with Crippen LogP contribution in [-0.2, 0) is 0 Å². The number of nitrogens with one attached hydrogen (secondary N) is 1. The van der Waals surface area contributed by atoms with Gasteiger partial charge in [-0.3, -0.25) is 4.90 Å². The standard InChI is InChI=1S/C15H21N3O/c1-12-2-4-13(5-3-12)17-10-11-18(15(17)19)14-6-8-16-9-7-14/h2-5,14,16H,6-11H2,1H3. The average molecular weight is 259 g/mol. The molecule has 0 aliphatic carbocycles. The van der Waals surface area contributed by atoms with Crippen molar-refractivity contribution in [2.45, 2.75) is 25.8 Å². The topological polar surface area (TPSA) is 35.6 Å². The van der Waals surface area contributed by atoms with Gasteiger partial charge in [-0.05, 0) is 45.0 Å². The molecule has 0 radical (unpaired) electrons. The third-order valence-electron chi connectivity index (χ3n) is 4.14. The molecule has 102 valence electrons. The third-order valence-corrected chi connectivity index (χ3v) is 4.14. The van der Waals surface area contributed by atoms with Crippen molar-refractivity contribution in [3.63, 3.8) is 0 Å². The number of carbonyl (C=O) groups excluding carboxylic acids is 1. The lowest BCUT2D eigenvalue weighted by Crippen LogP contribution is -2.45. The largest absolute Gasteiger partial charge is 0.324 e. The van der Waals surface area contributed by atoms with Gasteiger partial charge < -0.3 is 10.2 Å². The fraction of sp³-hybridized carbons (Fsp3) is 0.533. The zero-order valence-electron chi connectivity index (χ0n) is 11.4. The van der Waals surface area contributed by atoms with Gasteiger partial charge in [0.2, 0.25) is 0 Å². The minimum atomic E-state index is 0.177. The summed E-state index contributed by atoms with van der Waals surface area (Å²) in [5.41, 5.74) is 2.25. The maximum Gasteiger partial charge on any atom is 0.324 e. The van der Waals surface area contributed by atoms with E-state index in [9.17, 15) is 4.79 Å². The highest BCUT2D eigenvalue weighted by molar-refractivity contribution is 5.94. The molecule has 0 spiro atoms. The molecular formula is C15H21N3O. The van der Waals surface area contributed by atoms with E-state index in [4.69, 9.17) is 0 Å². The van der Waals surface area contributed by atoms with Crippen LogP contribution < -0.4 is 10.2 Å². The summed E-state index contributed by atoms with van der Waals surface area (Å²) in [6.45, 7) is 5.79. The Kier molecular flexibility index (Phi) is 3.42. The molecule has 2 heterocycles. The van der Waals surface area contributed by atoms with E-state index in [-0.39, 0.29) is 6.03 Å². The molecule has 4 heteroatoms. The first kappa shape index (κ1) is 12.5. The molecule has 1 aromatic rings. The first-order chi connectivity index (χ1) is 9.25. The van der Waals surface area contributed by atoms with Gasteiger partial charge in [-0.2, -0.15) is 0 Å². The van der Waals surface area contributed by atoms with Crippen LogP contribution >= 0.6 is 0 Å². The molecule has 1 aromatic carbocycles. The van der Waals surface area contributed by atoms with Crippen molar-refractivity contribution in [1.82, 2.24) is 10.2 Å². The second-order valence-corrected chi connectivity index (χ2v) is 5.44. The Balaban J connectivity index is 1.72. The maximum atomic E-state index is 12.5. The second kappa shape index (κ2) is 5.21. The highest BCUT2D eigenvalue weighted by Crippen LogP contribution is 2.24. The predicted octanol–water partition coefficient (Wildman–Crippen LogP) is 1.99. The molecule has 2 aliphatic heterocycles. The van der Waals surface area contributed by atoms with E-state index in [0.717, 1.165) is 44.7 Å². The fourth-order valence-electron chi connectivity index (χ4n) is 2.98. The summed E-state index contributed by atoms with van der Waals surface area (Å²) in [5.74, 6) is 0. The Morgan fingerprint density at radius 1 is 1.11 bits per heavy atom. The lowest BCUT2D eigenvalue weighted by molar-refractivity contribution is 0.185. The van der Waals surface area contributed by atoms with Crippen LogP contribution in [0.2, 0.25) is 0 Å². The Bertz CT molecular complexity index is 451. The quantitative estimate of drug-likeness (QED) is 0.881. The predicted molar refractivity (Wildman–Crippen MR) is 76.5 cm³/mol. The molecule has 2 amide bonds. The number of anilines is 1. The van der Waals surface area contributed by atoms with E-state index in [0.29, 0.717) is 6.04 Å². The zero-order chi connectivity index (χ0) is 13.2. The zero-order valence-corrected chi connectivity index (χ0v) is 11.4. The number of carbonyl (C=O) groups is 1. The Morgan fingerprint density at radius 3 is 2.47 bits per heavy atom. The molecule has 0 atom stereocenters. The van der Waals surface area contributed by atoms with E-state index < -0.39 is 0 Å². The number of urea groups is 1. The number of hydrogen-bond donors (Lipinski definition) is 1. The van der Waals surface area contributed by atoms with Gasteiger partial charge in [0.25, 0.3) is 0 Å². The summed E-state index contributed by atoms with van der Waals surface area (Å²) in [6, 6.07) is 8.81. The lowest BCUT2D eigenvalue weighted by Gasteiger charge is -2.31. The summed E-state index contributed by atoms with van der Waals surface area (Å²) in [4.78, 5) is 16.5. The number of nitrogens with zero attached hydrogens (tertiary/aromatic N) is 2. The van der Waals surface area contributed by atoms with Crippen molar-refractivity contribution in [2.24, 2.45) is 0 Å². The SMILES string of the molecule is Cc1ccc(N2CCN(C3CCNCC3)C2=O)cc1. The van der Waals surface area contributed by atoms with Gasteiger partial charge in [0, 0.05) is 24.8 Å². The van der Waals surface area contributed by atoms with Crippen LogP contribution in [0, 0.1) is 6.92 Å². The smallest absolute Gasteiger partial charge is 0.319 e. The normalized spacial score (nSPS) is 21.2. The van der Waals surface area contributed by atoms with Crippen LogP contribution in [0.4, 0.5) is 10.5 Å². The van der Waals surface area contributed by atoms with Crippen LogP contribution in [0.1, 0.15) is 18.4 Å². The molecule has 0 unspecified atom stereocenters. The number of benzene rings is 1. The van der Waals surface area contributed by atoms with Crippen molar-refractivity contribution < 1.29 is 4.79 Å².